The van der Waals surface area contributed by atoms with Gasteiger partial charge in [-0.1, -0.05) is 31.4 Å². The molecule has 0 aliphatic heterocycles. The molecule has 0 bridgehead atoms. The number of rotatable bonds is 9. The summed E-state index contributed by atoms with van der Waals surface area (Å²) in [5.41, 5.74) is 1.51. The van der Waals surface area contributed by atoms with Crippen LogP contribution in [0.5, 0.6) is 0 Å². The highest BCUT2D eigenvalue weighted by molar-refractivity contribution is 5.83. The lowest BCUT2D eigenvalue weighted by Gasteiger charge is -2.18. The molecule has 0 aromatic carbocycles. The second-order valence-electron chi connectivity index (χ2n) is 6.51. The van der Waals surface area contributed by atoms with Crippen LogP contribution in [0.15, 0.2) is 23.3 Å². The van der Waals surface area contributed by atoms with Gasteiger partial charge in [0.2, 0.25) is 0 Å². The van der Waals surface area contributed by atoms with Crippen LogP contribution in [0.1, 0.15) is 67.2 Å². The predicted molar refractivity (Wildman–Crippen MR) is 88.1 cm³/mol. The van der Waals surface area contributed by atoms with Gasteiger partial charge in [0.15, 0.2) is 0 Å². The van der Waals surface area contributed by atoms with Gasteiger partial charge < -0.3 is 9.84 Å². The smallest absolute Gasteiger partial charge is 0.331 e. The average molecular weight is 296 g/mol. The van der Waals surface area contributed by atoms with E-state index in [1.54, 1.807) is 13.0 Å². The van der Waals surface area contributed by atoms with Crippen LogP contribution in [-0.4, -0.2) is 23.3 Å². The van der Waals surface area contributed by atoms with E-state index in [9.17, 15) is 9.90 Å². The zero-order chi connectivity index (χ0) is 16.5. The van der Waals surface area contributed by atoms with Crippen molar-refractivity contribution in [3.05, 3.63) is 23.3 Å². The Labute approximate surface area is 130 Å². The Bertz CT molecular complexity index is 372. The Kier molecular flexibility index (Phi) is 9.27. The fraction of sp³-hybridized carbons (Fsp3) is 0.722. The van der Waals surface area contributed by atoms with Gasteiger partial charge in [-0.15, -0.1) is 0 Å². The van der Waals surface area contributed by atoms with Crippen molar-refractivity contribution >= 4 is 5.97 Å². The molecule has 3 heteroatoms. The maximum absolute atomic E-state index is 11.4. The maximum Gasteiger partial charge on any atom is 0.331 e. The van der Waals surface area contributed by atoms with Gasteiger partial charge >= 0.3 is 5.97 Å². The lowest BCUT2D eigenvalue weighted by molar-refractivity contribution is -0.137. The third-order valence-corrected chi connectivity index (χ3v) is 3.55. The topological polar surface area (TPSA) is 46.5 Å². The van der Waals surface area contributed by atoms with E-state index < -0.39 is 5.60 Å². The Balaban J connectivity index is 4.23. The Morgan fingerprint density at radius 1 is 1.29 bits per heavy atom. The van der Waals surface area contributed by atoms with E-state index in [1.165, 1.54) is 0 Å². The highest BCUT2D eigenvalue weighted by Crippen LogP contribution is 2.19. The van der Waals surface area contributed by atoms with E-state index in [0.29, 0.717) is 12.5 Å². The first kappa shape index (κ1) is 19.9. The number of hydrogen-bond acceptors (Lipinski definition) is 3. The predicted octanol–water partition coefficient (Wildman–Crippen LogP) is 4.41. The van der Waals surface area contributed by atoms with Crippen LogP contribution in [-0.2, 0) is 9.53 Å². The fourth-order valence-electron chi connectivity index (χ4n) is 2.01. The van der Waals surface area contributed by atoms with E-state index in [2.05, 4.69) is 13.0 Å². The molecule has 0 aromatic heterocycles. The largest absolute Gasteiger partial charge is 0.463 e. The molecule has 122 valence electrons. The number of aliphatic hydroxyl groups is 1. The second kappa shape index (κ2) is 9.78. The quantitative estimate of drug-likeness (QED) is 0.389. The van der Waals surface area contributed by atoms with E-state index in [1.807, 2.05) is 27.7 Å². The molecule has 1 unspecified atom stereocenters. The molecule has 0 fully saturated rings. The Morgan fingerprint density at radius 3 is 2.43 bits per heavy atom. The van der Waals surface area contributed by atoms with Gasteiger partial charge in [0.05, 0.1) is 12.2 Å². The molecule has 0 amide bonds. The maximum atomic E-state index is 11.4. The van der Waals surface area contributed by atoms with Crippen LogP contribution >= 0.6 is 0 Å². The summed E-state index contributed by atoms with van der Waals surface area (Å²) in [6.45, 7) is 12.1. The first-order valence-electron chi connectivity index (χ1n) is 7.90. The number of carbonyl (C=O) groups excluding carboxylic acids is 1. The molecule has 1 N–H and O–H groups in total. The van der Waals surface area contributed by atoms with Crippen molar-refractivity contribution in [1.29, 1.82) is 0 Å². The van der Waals surface area contributed by atoms with Gasteiger partial charge in [-0.2, -0.15) is 0 Å². The van der Waals surface area contributed by atoms with Crippen LogP contribution in [0, 0.1) is 5.92 Å². The molecule has 0 saturated heterocycles. The van der Waals surface area contributed by atoms with Gasteiger partial charge in [0.25, 0.3) is 0 Å². The standard InChI is InChI=1S/C18H32O3/c1-7-21-17(19)13-16(4)15(3)11-10-14(2)9-8-12-18(5,6)20/h11,13-14,20H,7-10,12H2,1-6H3/b15-11+,16-13+. The molecular formula is C18H32O3. The fourth-order valence-corrected chi connectivity index (χ4v) is 2.01. The minimum Gasteiger partial charge on any atom is -0.463 e. The first-order valence-corrected chi connectivity index (χ1v) is 7.90. The highest BCUT2D eigenvalue weighted by Gasteiger charge is 2.12. The van der Waals surface area contributed by atoms with Crippen LogP contribution in [0.25, 0.3) is 0 Å². The van der Waals surface area contributed by atoms with Crippen molar-refractivity contribution in [3.8, 4) is 0 Å². The van der Waals surface area contributed by atoms with Crippen molar-refractivity contribution in [2.45, 2.75) is 72.8 Å². The zero-order valence-electron chi connectivity index (χ0n) is 14.5. The molecule has 0 radical (unpaired) electrons. The van der Waals surface area contributed by atoms with E-state index >= 15 is 0 Å². The Morgan fingerprint density at radius 2 is 1.90 bits per heavy atom. The molecule has 0 rings (SSSR count). The van der Waals surface area contributed by atoms with Gasteiger partial charge in [-0.25, -0.2) is 4.79 Å². The first-order chi connectivity index (χ1) is 9.65. The molecular weight excluding hydrogens is 264 g/mol. The van der Waals surface area contributed by atoms with Crippen LogP contribution < -0.4 is 0 Å². The number of carbonyl (C=O) groups is 1. The summed E-state index contributed by atoms with van der Waals surface area (Å²) in [6.07, 6.45) is 7.70. The van der Waals surface area contributed by atoms with Gasteiger partial charge in [0.1, 0.15) is 0 Å². The van der Waals surface area contributed by atoms with Gasteiger partial charge in [0, 0.05) is 6.08 Å². The molecule has 3 nitrogen and oxygen atoms in total. The van der Waals surface area contributed by atoms with E-state index in [0.717, 1.165) is 36.8 Å². The molecule has 0 spiro atoms. The summed E-state index contributed by atoms with van der Waals surface area (Å²) >= 11 is 0. The van der Waals surface area contributed by atoms with Gasteiger partial charge in [-0.05, 0) is 59.0 Å². The average Bonchev–Trinajstić information content (AvgIpc) is 2.34. The Hall–Kier alpha value is -1.09. The molecule has 0 heterocycles. The summed E-state index contributed by atoms with van der Waals surface area (Å²) < 4.78 is 4.91. The molecule has 0 aliphatic rings. The van der Waals surface area contributed by atoms with Crippen molar-refractivity contribution < 1.29 is 14.6 Å². The van der Waals surface area contributed by atoms with E-state index in [-0.39, 0.29) is 5.97 Å². The summed E-state index contributed by atoms with van der Waals surface area (Å²) in [4.78, 5) is 11.4. The minimum absolute atomic E-state index is 0.277. The normalized spacial score (nSPS) is 15.0. The van der Waals surface area contributed by atoms with Gasteiger partial charge in [-0.3, -0.25) is 0 Å². The molecule has 0 aromatic rings. The number of esters is 1. The monoisotopic (exact) mass is 296 g/mol. The SMILES string of the molecule is CCOC(=O)/C=C(C)/C(C)=C/CC(C)CCCC(C)(C)O. The van der Waals surface area contributed by atoms with Crippen LogP contribution in [0.4, 0.5) is 0 Å². The van der Waals surface area contributed by atoms with Crippen LogP contribution in [0.2, 0.25) is 0 Å². The highest BCUT2D eigenvalue weighted by atomic mass is 16.5. The summed E-state index contributed by atoms with van der Waals surface area (Å²) in [5.74, 6) is 0.304. The number of allylic oxidation sites excluding steroid dienone is 3. The third-order valence-electron chi connectivity index (χ3n) is 3.55. The zero-order valence-corrected chi connectivity index (χ0v) is 14.5. The van der Waals surface area contributed by atoms with Crippen molar-refractivity contribution in [2.24, 2.45) is 5.92 Å². The van der Waals surface area contributed by atoms with E-state index in [4.69, 9.17) is 4.74 Å². The second-order valence-corrected chi connectivity index (χ2v) is 6.51. The minimum atomic E-state index is -0.565. The van der Waals surface area contributed by atoms with Crippen molar-refractivity contribution in [3.63, 3.8) is 0 Å². The summed E-state index contributed by atoms with van der Waals surface area (Å²) in [5, 5.41) is 9.69. The van der Waals surface area contributed by atoms with Crippen molar-refractivity contribution in [1.82, 2.24) is 0 Å². The number of hydrogen-bond donors (Lipinski definition) is 1. The summed E-state index contributed by atoms with van der Waals surface area (Å²) in [7, 11) is 0. The molecule has 1 atom stereocenters. The molecule has 0 saturated carbocycles. The van der Waals surface area contributed by atoms with Crippen molar-refractivity contribution in [2.75, 3.05) is 6.61 Å². The lowest BCUT2D eigenvalue weighted by Crippen LogP contribution is -2.18. The lowest BCUT2D eigenvalue weighted by atomic mass is 9.94. The molecule has 21 heavy (non-hydrogen) atoms. The summed E-state index contributed by atoms with van der Waals surface area (Å²) in [6, 6.07) is 0. The molecule has 0 aliphatic carbocycles. The third kappa shape index (κ3) is 11.3. The number of ether oxygens (including phenoxy) is 1. The van der Waals surface area contributed by atoms with Crippen LogP contribution in [0.3, 0.4) is 0 Å².